The number of allylic oxidation sites excluding steroid dienone is 2. The lowest BCUT2D eigenvalue weighted by atomic mass is 9.45. The third kappa shape index (κ3) is 13.5. The lowest BCUT2D eigenvalue weighted by molar-refractivity contribution is -0.210. The Morgan fingerprint density at radius 1 is 0.750 bits per heavy atom. The number of cyclic esters (lactones) is 1. The molecule has 2 saturated heterocycles. The summed E-state index contributed by atoms with van der Waals surface area (Å²) in [5, 5.41) is 43.8. The van der Waals surface area contributed by atoms with E-state index in [-0.39, 0.29) is 113 Å². The lowest BCUT2D eigenvalue weighted by Gasteiger charge is -2.62. The molecule has 3 heterocycles. The number of esters is 1. The van der Waals surface area contributed by atoms with Crippen molar-refractivity contribution in [3.63, 3.8) is 0 Å². The summed E-state index contributed by atoms with van der Waals surface area (Å²) in [5.74, 6) is 2.03. The Bertz CT molecular complexity index is 3310. The summed E-state index contributed by atoms with van der Waals surface area (Å²) >= 11 is 0. The van der Waals surface area contributed by atoms with Gasteiger partial charge in [0.05, 0.1) is 41.7 Å². The Labute approximate surface area is 569 Å². The van der Waals surface area contributed by atoms with Gasteiger partial charge in [0.25, 0.3) is 5.91 Å². The molecule has 16 nitrogen and oxygen atoms in total. The number of unbranched alkanes of at least 4 members (excludes halogenated alkanes) is 3. The number of nitrogens with one attached hydrogen (secondary N) is 3. The second-order valence-corrected chi connectivity index (χ2v) is 32.6. The highest BCUT2D eigenvalue weighted by Crippen LogP contribution is 2.68. The lowest BCUT2D eigenvalue weighted by Crippen LogP contribution is -2.62. The van der Waals surface area contributed by atoms with Gasteiger partial charge in [-0.2, -0.15) is 0 Å². The Balaban J connectivity index is 0.544. The highest BCUT2D eigenvalue weighted by Gasteiger charge is 2.66. The molecule has 16 heteroatoms. The van der Waals surface area contributed by atoms with E-state index in [0.717, 1.165) is 115 Å². The number of Topliss-reactive ketones (excluding diaryl/α,β-unsaturated/α-hetero) is 1. The normalized spacial score (nSPS) is 37.8. The van der Waals surface area contributed by atoms with Crippen molar-refractivity contribution in [1.82, 2.24) is 20.9 Å². The quantitative estimate of drug-likeness (QED) is 0.0249. The van der Waals surface area contributed by atoms with Crippen LogP contribution in [0.4, 0.5) is 0 Å². The molecule has 2 aromatic rings. The number of likely N-dealkylation sites (tertiary alicyclic amines) is 1. The van der Waals surface area contributed by atoms with Crippen LogP contribution in [0.1, 0.15) is 221 Å². The third-order valence-corrected chi connectivity index (χ3v) is 27.4. The Morgan fingerprint density at radius 2 is 1.50 bits per heavy atom. The van der Waals surface area contributed by atoms with E-state index < -0.39 is 17.7 Å². The van der Waals surface area contributed by atoms with Crippen LogP contribution in [0, 0.1) is 70.0 Å². The Morgan fingerprint density at radius 3 is 2.28 bits per heavy atom. The van der Waals surface area contributed by atoms with E-state index in [2.05, 4.69) is 61.5 Å². The first-order valence-electron chi connectivity index (χ1n) is 37.6. The van der Waals surface area contributed by atoms with Crippen LogP contribution in [0.2, 0.25) is 0 Å². The standard InChI is InChI=1S/C80H110N4O12/c1-48-39-69-74(50(3)80(96-69)35-31-60-61-26-24-55-41-57(85)28-32-77(55,4)64(61)43-62(60)49(80)2)84(45-48)38-14-18-67(86)66(83-76(92)53-22-20-52(21-23-53)75(91)51-15-8-6-9-16-51)17-11-13-37-81-70(88)19-10-7-12-36-82-71(89)47-94-58-29-33-78(5)56(42-58)25-27-63-65(78)44-68(87)73-59(30-34-79(63,73)93)54-40-72(90)95-46-54/h6,8-9,15-16,20-24,40,48,50,56-61,63-66,68-69,73-74,85,87,93H,7,10-14,17-19,25-39,41-47H2,1-5H3,(H,81,88)(H,82,89)(H,83,92)/t48-,50+,56+,57-,58?,59+,60-,61-,63+,64-,65-,66?,68+,69+,73?,74-,77-,78-,79-,80-/m0/s1. The molecule has 0 aromatic heterocycles. The van der Waals surface area contributed by atoms with Gasteiger partial charge < -0.3 is 45.5 Å². The first-order valence-corrected chi connectivity index (χ1v) is 37.6. The third-order valence-electron chi connectivity index (χ3n) is 27.4. The van der Waals surface area contributed by atoms with E-state index >= 15 is 0 Å². The molecule has 6 saturated carbocycles. The van der Waals surface area contributed by atoms with Crippen LogP contribution < -0.4 is 16.0 Å². The molecule has 3 aliphatic heterocycles. The minimum atomic E-state index is -0.953. The van der Waals surface area contributed by atoms with Crippen molar-refractivity contribution in [1.29, 1.82) is 0 Å². The number of hydrogen-bond acceptors (Lipinski definition) is 13. The van der Waals surface area contributed by atoms with Crippen LogP contribution in [0.15, 0.2) is 89.0 Å². The number of hydrogen-bond donors (Lipinski definition) is 6. The van der Waals surface area contributed by atoms with Gasteiger partial charge in [0.1, 0.15) is 13.2 Å². The molecule has 8 aliphatic carbocycles. The zero-order valence-corrected chi connectivity index (χ0v) is 58.0. The molecule has 0 bridgehead atoms. The van der Waals surface area contributed by atoms with E-state index in [0.29, 0.717) is 123 Å². The summed E-state index contributed by atoms with van der Waals surface area (Å²) < 4.78 is 18.9. The van der Waals surface area contributed by atoms with Crippen LogP contribution >= 0.6 is 0 Å². The predicted octanol–water partition coefficient (Wildman–Crippen LogP) is 11.3. The number of rotatable bonds is 24. The minimum Gasteiger partial charge on any atom is -0.458 e. The molecule has 8 fully saturated rings. The Hall–Kier alpha value is -5.36. The van der Waals surface area contributed by atoms with Crippen molar-refractivity contribution >= 4 is 35.3 Å². The molecule has 13 rings (SSSR count). The van der Waals surface area contributed by atoms with Gasteiger partial charge >= 0.3 is 5.97 Å². The summed E-state index contributed by atoms with van der Waals surface area (Å²) in [5.41, 5.74) is 5.89. The second kappa shape index (κ2) is 28.7. The van der Waals surface area contributed by atoms with Gasteiger partial charge in [-0.05, 0) is 236 Å². The largest absolute Gasteiger partial charge is 0.458 e. The fraction of sp³-hybridized carbons (Fsp3) is 0.700. The van der Waals surface area contributed by atoms with Gasteiger partial charge in [-0.25, -0.2) is 4.79 Å². The first-order chi connectivity index (χ1) is 46.2. The summed E-state index contributed by atoms with van der Waals surface area (Å²) in [6.07, 6.45) is 23.5. The number of amides is 3. The molecule has 3 amide bonds. The molecular formula is C80H110N4O12. The molecule has 11 aliphatic rings. The van der Waals surface area contributed by atoms with E-state index in [4.69, 9.17) is 14.2 Å². The summed E-state index contributed by atoms with van der Waals surface area (Å²) in [6.45, 7) is 15.0. The maximum absolute atomic E-state index is 14.5. The number of carbonyl (C=O) groups excluding carboxylic acids is 6. The minimum absolute atomic E-state index is 0.00288. The number of ketones is 2. The molecule has 3 unspecified atom stereocenters. The van der Waals surface area contributed by atoms with Gasteiger partial charge in [0, 0.05) is 73.1 Å². The van der Waals surface area contributed by atoms with Crippen LogP contribution in [0.3, 0.4) is 0 Å². The molecule has 2 aromatic carbocycles. The molecular weight excluding hydrogens is 1210 g/mol. The maximum Gasteiger partial charge on any atom is 0.331 e. The number of carbonyl (C=O) groups is 6. The number of fused-ring (bicyclic) bond motifs is 11. The molecule has 6 N–H and O–H groups in total. The number of piperidine rings is 1. The van der Waals surface area contributed by atoms with E-state index in [1.54, 1.807) is 48.0 Å². The molecule has 1 spiro atoms. The van der Waals surface area contributed by atoms with Crippen LogP contribution in [0.25, 0.3) is 0 Å². The number of ether oxygens (including phenoxy) is 3. The number of benzene rings is 2. The van der Waals surface area contributed by atoms with Crippen molar-refractivity contribution in [2.45, 2.75) is 243 Å². The smallest absolute Gasteiger partial charge is 0.331 e. The van der Waals surface area contributed by atoms with Crippen molar-refractivity contribution in [3.8, 4) is 0 Å². The van der Waals surface area contributed by atoms with Crippen molar-refractivity contribution < 1.29 is 58.3 Å². The fourth-order valence-electron chi connectivity index (χ4n) is 22.4. The van der Waals surface area contributed by atoms with Gasteiger partial charge in [0.2, 0.25) is 11.8 Å². The SMILES string of the molecule is CC1=C2C[C@H]3[C@@H](CC=C4C[C@@H](O)CC[C@@]43C)[C@@H]2CC[C@]12O[C@@H]1C[C@H](C)CN(CCCC(=O)C(CCCCNC(=O)CCCCCNC(=O)COC3CC[C@@]4(C)[C@H](CC[C@@H]5[C@@H]4C[C@@H](O)C4[C@@H](C6=CC(=O)OC6)CC[C@@]45O)C3)NC(=O)c3ccc(C(=O)c4ccccc4)cc3)[C@H]1[C@H]2C. The fourth-order valence-corrected chi connectivity index (χ4v) is 22.4. The summed E-state index contributed by atoms with van der Waals surface area (Å²) in [7, 11) is 0. The van der Waals surface area contributed by atoms with Crippen LogP contribution in [-0.2, 0) is 33.4 Å². The van der Waals surface area contributed by atoms with Crippen molar-refractivity contribution in [3.05, 3.63) is 106 Å². The van der Waals surface area contributed by atoms with Gasteiger partial charge in [0.15, 0.2) is 11.6 Å². The second-order valence-electron chi connectivity index (χ2n) is 32.6. The van der Waals surface area contributed by atoms with Crippen molar-refractivity contribution in [2.75, 3.05) is 39.4 Å². The van der Waals surface area contributed by atoms with Gasteiger partial charge in [-0.3, -0.25) is 28.9 Å². The highest BCUT2D eigenvalue weighted by molar-refractivity contribution is 6.09. The average molecular weight is 1320 g/mol. The van der Waals surface area contributed by atoms with Gasteiger partial charge in [-0.15, -0.1) is 0 Å². The van der Waals surface area contributed by atoms with Crippen LogP contribution in [-0.4, -0.2) is 143 Å². The highest BCUT2D eigenvalue weighted by atomic mass is 16.5. The molecule has 20 atom stereocenters. The maximum atomic E-state index is 14.5. The summed E-state index contributed by atoms with van der Waals surface area (Å²) in [4.78, 5) is 82.2. The van der Waals surface area contributed by atoms with E-state index in [1.807, 2.05) is 18.2 Å². The monoisotopic (exact) mass is 1320 g/mol. The topological polar surface area (TPSA) is 230 Å². The van der Waals surface area contributed by atoms with Crippen molar-refractivity contribution in [2.24, 2.45) is 70.0 Å². The number of nitrogens with zero attached hydrogens (tertiary/aromatic N) is 1. The zero-order chi connectivity index (χ0) is 67.3. The number of aliphatic hydroxyl groups excluding tert-OH is 2. The van der Waals surface area contributed by atoms with Crippen LogP contribution in [0.5, 0.6) is 0 Å². The average Bonchev–Trinajstić information content (AvgIpc) is 1.39. The van der Waals surface area contributed by atoms with E-state index in [1.165, 1.54) is 17.6 Å². The predicted molar refractivity (Wildman–Crippen MR) is 366 cm³/mol. The summed E-state index contributed by atoms with van der Waals surface area (Å²) in [6, 6.07) is 15.2. The first kappa shape index (κ1) is 69.1. The number of aliphatic hydroxyl groups is 3. The van der Waals surface area contributed by atoms with Gasteiger partial charge in [-0.1, -0.05) is 93.8 Å². The van der Waals surface area contributed by atoms with E-state index in [9.17, 15) is 44.1 Å². The zero-order valence-electron chi connectivity index (χ0n) is 58.0. The molecule has 522 valence electrons. The molecule has 96 heavy (non-hydrogen) atoms. The molecule has 0 radical (unpaired) electrons. The Kier molecular flexibility index (Phi) is 20.7.